The van der Waals surface area contributed by atoms with Gasteiger partial charge in [0.05, 0.1) is 0 Å². The summed E-state index contributed by atoms with van der Waals surface area (Å²) in [6, 6.07) is 6.75. The normalized spacial score (nSPS) is 19.4. The van der Waals surface area contributed by atoms with E-state index in [2.05, 4.69) is 43.1 Å². The van der Waals surface area contributed by atoms with Crippen molar-refractivity contribution in [3.8, 4) is 0 Å². The number of hydrogen-bond acceptors (Lipinski definition) is 2. The first-order valence-corrected chi connectivity index (χ1v) is 7.75. The van der Waals surface area contributed by atoms with Gasteiger partial charge in [-0.15, -0.1) is 0 Å². The van der Waals surface area contributed by atoms with Crippen LogP contribution < -0.4 is 10.2 Å². The van der Waals surface area contributed by atoms with Gasteiger partial charge >= 0.3 is 0 Å². The first-order chi connectivity index (χ1) is 9.11. The largest absolute Gasteiger partial charge is 0.371 e. The Hall–Kier alpha value is -0.730. The van der Waals surface area contributed by atoms with E-state index in [1.807, 2.05) is 6.07 Å². The summed E-state index contributed by atoms with van der Waals surface area (Å²) in [4.78, 5) is 2.50. The van der Waals surface area contributed by atoms with E-state index < -0.39 is 0 Å². The second-order valence-corrected chi connectivity index (χ2v) is 6.19. The lowest BCUT2D eigenvalue weighted by molar-refractivity contribution is 0.568. The standard InChI is InChI=1S/C16H25ClN2/c1-4-13-8-9-19(11-13)16-7-5-6-15(17)14(16)10-18-12(2)3/h5-7,12-13,18H,4,8-11H2,1-3H3. The fraction of sp³-hybridized carbons (Fsp3) is 0.625. The van der Waals surface area contributed by atoms with Crippen LogP contribution in [0.25, 0.3) is 0 Å². The van der Waals surface area contributed by atoms with E-state index in [1.165, 1.54) is 30.6 Å². The molecule has 0 aromatic heterocycles. The summed E-state index contributed by atoms with van der Waals surface area (Å²) in [5, 5.41) is 4.36. The molecular weight excluding hydrogens is 256 g/mol. The van der Waals surface area contributed by atoms with Gasteiger partial charge in [-0.05, 0) is 24.5 Å². The highest BCUT2D eigenvalue weighted by Gasteiger charge is 2.23. The van der Waals surface area contributed by atoms with Crippen LogP contribution in [0.1, 0.15) is 39.2 Å². The van der Waals surface area contributed by atoms with Gasteiger partial charge in [-0.25, -0.2) is 0 Å². The molecule has 0 aliphatic carbocycles. The molecule has 106 valence electrons. The van der Waals surface area contributed by atoms with Gasteiger partial charge in [0.1, 0.15) is 0 Å². The molecule has 3 heteroatoms. The molecule has 0 saturated carbocycles. The van der Waals surface area contributed by atoms with Crippen LogP contribution in [0.15, 0.2) is 18.2 Å². The van der Waals surface area contributed by atoms with Gasteiger partial charge in [-0.3, -0.25) is 0 Å². The summed E-state index contributed by atoms with van der Waals surface area (Å²) in [5.41, 5.74) is 2.56. The summed E-state index contributed by atoms with van der Waals surface area (Å²) < 4.78 is 0. The van der Waals surface area contributed by atoms with Crippen LogP contribution in [0.3, 0.4) is 0 Å². The van der Waals surface area contributed by atoms with Crippen molar-refractivity contribution in [2.24, 2.45) is 5.92 Å². The van der Waals surface area contributed by atoms with Crippen molar-refractivity contribution < 1.29 is 0 Å². The SMILES string of the molecule is CCC1CCN(c2cccc(Cl)c2CNC(C)C)C1. The molecule has 1 fully saturated rings. The molecule has 1 unspecified atom stereocenters. The van der Waals surface area contributed by atoms with E-state index in [0.29, 0.717) is 6.04 Å². The van der Waals surface area contributed by atoms with Gasteiger partial charge in [0.2, 0.25) is 0 Å². The first kappa shape index (κ1) is 14.7. The molecule has 1 aromatic carbocycles. The van der Waals surface area contributed by atoms with E-state index >= 15 is 0 Å². The predicted molar refractivity (Wildman–Crippen MR) is 84.0 cm³/mol. The number of rotatable bonds is 5. The molecule has 0 spiro atoms. The van der Waals surface area contributed by atoms with Crippen LogP contribution in [-0.2, 0) is 6.54 Å². The average molecular weight is 281 g/mol. The molecule has 1 aliphatic heterocycles. The fourth-order valence-corrected chi connectivity index (χ4v) is 2.95. The van der Waals surface area contributed by atoms with Crippen molar-refractivity contribution in [1.29, 1.82) is 0 Å². The Labute approximate surface area is 122 Å². The third-order valence-corrected chi connectivity index (χ3v) is 4.34. The number of hydrogen-bond donors (Lipinski definition) is 1. The van der Waals surface area contributed by atoms with Gasteiger partial charge in [0, 0.05) is 41.9 Å². The van der Waals surface area contributed by atoms with E-state index in [9.17, 15) is 0 Å². The monoisotopic (exact) mass is 280 g/mol. The third kappa shape index (κ3) is 3.64. The quantitative estimate of drug-likeness (QED) is 0.874. The van der Waals surface area contributed by atoms with E-state index in [1.54, 1.807) is 0 Å². The zero-order valence-corrected chi connectivity index (χ0v) is 13.0. The maximum atomic E-state index is 6.39. The van der Waals surface area contributed by atoms with Crippen LogP contribution in [0.2, 0.25) is 5.02 Å². The Kier molecular flexibility index (Phi) is 5.12. The highest BCUT2D eigenvalue weighted by molar-refractivity contribution is 6.31. The Morgan fingerprint density at radius 1 is 1.42 bits per heavy atom. The molecule has 1 saturated heterocycles. The van der Waals surface area contributed by atoms with Gasteiger partial charge in [-0.2, -0.15) is 0 Å². The molecule has 0 amide bonds. The summed E-state index contributed by atoms with van der Waals surface area (Å²) in [5.74, 6) is 0.838. The van der Waals surface area contributed by atoms with Crippen LogP contribution in [0, 0.1) is 5.92 Å². The Balaban J connectivity index is 2.17. The predicted octanol–water partition coefficient (Wildman–Crippen LogP) is 4.07. The molecule has 0 bridgehead atoms. The van der Waals surface area contributed by atoms with E-state index in [0.717, 1.165) is 24.0 Å². The minimum absolute atomic E-state index is 0.478. The van der Waals surface area contributed by atoms with Gasteiger partial charge in [0.15, 0.2) is 0 Å². The number of nitrogens with one attached hydrogen (secondary N) is 1. The zero-order chi connectivity index (χ0) is 13.8. The molecule has 1 aliphatic rings. The topological polar surface area (TPSA) is 15.3 Å². The fourth-order valence-electron chi connectivity index (χ4n) is 2.71. The molecule has 1 N–H and O–H groups in total. The lowest BCUT2D eigenvalue weighted by Crippen LogP contribution is -2.26. The van der Waals surface area contributed by atoms with Crippen molar-refractivity contribution in [2.75, 3.05) is 18.0 Å². The highest BCUT2D eigenvalue weighted by Crippen LogP contribution is 2.32. The van der Waals surface area contributed by atoms with Crippen molar-refractivity contribution in [2.45, 2.75) is 46.2 Å². The zero-order valence-electron chi connectivity index (χ0n) is 12.2. The van der Waals surface area contributed by atoms with Crippen LogP contribution >= 0.6 is 11.6 Å². The summed E-state index contributed by atoms with van der Waals surface area (Å²) in [6.45, 7) is 9.80. The molecular formula is C16H25ClN2. The molecule has 19 heavy (non-hydrogen) atoms. The number of benzene rings is 1. The van der Waals surface area contributed by atoms with Gasteiger partial charge in [0.25, 0.3) is 0 Å². The Morgan fingerprint density at radius 3 is 2.84 bits per heavy atom. The Bertz CT molecular complexity index is 417. The highest BCUT2D eigenvalue weighted by atomic mass is 35.5. The van der Waals surface area contributed by atoms with Crippen LogP contribution in [-0.4, -0.2) is 19.1 Å². The van der Waals surface area contributed by atoms with E-state index in [-0.39, 0.29) is 0 Å². The Morgan fingerprint density at radius 2 is 2.21 bits per heavy atom. The molecule has 1 heterocycles. The first-order valence-electron chi connectivity index (χ1n) is 7.37. The molecule has 2 nitrogen and oxygen atoms in total. The molecule has 1 aromatic rings. The minimum atomic E-state index is 0.478. The van der Waals surface area contributed by atoms with Crippen molar-refractivity contribution in [1.82, 2.24) is 5.32 Å². The van der Waals surface area contributed by atoms with Crippen molar-refractivity contribution in [3.63, 3.8) is 0 Å². The lowest BCUT2D eigenvalue weighted by Gasteiger charge is -2.23. The minimum Gasteiger partial charge on any atom is -0.371 e. The second kappa shape index (κ2) is 6.62. The average Bonchev–Trinajstić information content (AvgIpc) is 2.85. The smallest absolute Gasteiger partial charge is 0.0471 e. The van der Waals surface area contributed by atoms with Crippen molar-refractivity contribution in [3.05, 3.63) is 28.8 Å². The van der Waals surface area contributed by atoms with E-state index in [4.69, 9.17) is 11.6 Å². The number of halogens is 1. The second-order valence-electron chi connectivity index (χ2n) is 5.78. The summed E-state index contributed by atoms with van der Waals surface area (Å²) in [6.07, 6.45) is 2.58. The molecule has 1 atom stereocenters. The van der Waals surface area contributed by atoms with Crippen molar-refractivity contribution >= 4 is 17.3 Å². The lowest BCUT2D eigenvalue weighted by atomic mass is 10.1. The maximum absolute atomic E-state index is 6.39. The molecule has 2 rings (SSSR count). The number of anilines is 1. The third-order valence-electron chi connectivity index (χ3n) is 3.99. The van der Waals surface area contributed by atoms with Gasteiger partial charge < -0.3 is 10.2 Å². The van der Waals surface area contributed by atoms with Crippen LogP contribution in [0.4, 0.5) is 5.69 Å². The summed E-state index contributed by atoms with van der Waals surface area (Å²) >= 11 is 6.39. The van der Waals surface area contributed by atoms with Gasteiger partial charge in [-0.1, -0.05) is 44.9 Å². The maximum Gasteiger partial charge on any atom is 0.0471 e. The summed E-state index contributed by atoms with van der Waals surface area (Å²) in [7, 11) is 0. The van der Waals surface area contributed by atoms with Crippen LogP contribution in [0.5, 0.6) is 0 Å². The molecule has 0 radical (unpaired) electrons. The number of nitrogens with zero attached hydrogens (tertiary/aromatic N) is 1.